The fraction of sp³-hybridized carbons (Fsp3) is 0.300. The molecule has 0 saturated heterocycles. The summed E-state index contributed by atoms with van der Waals surface area (Å²) in [5, 5.41) is 17.9. The zero-order valence-corrected chi connectivity index (χ0v) is 8.25. The molecule has 0 heterocycles. The van der Waals surface area contributed by atoms with Gasteiger partial charge in [-0.25, -0.2) is 4.79 Å². The smallest absolute Gasteiger partial charge is 0.421 e. The van der Waals surface area contributed by atoms with Crippen LogP contribution in [0.25, 0.3) is 0 Å². The van der Waals surface area contributed by atoms with Gasteiger partial charge in [0.15, 0.2) is 5.60 Å². The molecule has 0 amide bonds. The third-order valence-corrected chi connectivity index (χ3v) is 2.22. The van der Waals surface area contributed by atoms with Gasteiger partial charge in [0.2, 0.25) is 0 Å². The third kappa shape index (κ3) is 2.16. The van der Waals surface area contributed by atoms with E-state index in [2.05, 4.69) is 0 Å². The lowest BCUT2D eigenvalue weighted by molar-refractivity contribution is -0.258. The maximum absolute atomic E-state index is 12.5. The zero-order valence-electron chi connectivity index (χ0n) is 8.25. The molecule has 1 aromatic carbocycles. The van der Waals surface area contributed by atoms with Crippen molar-refractivity contribution in [2.45, 2.75) is 18.7 Å². The molecule has 0 unspecified atom stereocenters. The van der Waals surface area contributed by atoms with Crippen LogP contribution in [-0.2, 0) is 5.60 Å². The molecular formula is C10H9F3O3. The van der Waals surface area contributed by atoms with Crippen LogP contribution in [0, 0.1) is 0 Å². The van der Waals surface area contributed by atoms with E-state index in [4.69, 9.17) is 5.11 Å². The van der Waals surface area contributed by atoms with Gasteiger partial charge in [-0.05, 0) is 24.6 Å². The minimum atomic E-state index is -4.86. The van der Waals surface area contributed by atoms with Crippen LogP contribution in [-0.4, -0.2) is 22.4 Å². The first-order chi connectivity index (χ1) is 7.16. The van der Waals surface area contributed by atoms with E-state index in [0.717, 1.165) is 24.3 Å². The summed E-state index contributed by atoms with van der Waals surface area (Å²) in [6, 6.07) is 4.13. The van der Waals surface area contributed by atoms with Crippen molar-refractivity contribution in [1.82, 2.24) is 0 Å². The van der Waals surface area contributed by atoms with E-state index in [0.29, 0.717) is 6.92 Å². The van der Waals surface area contributed by atoms with Crippen molar-refractivity contribution in [2.24, 2.45) is 0 Å². The second kappa shape index (κ2) is 3.79. The van der Waals surface area contributed by atoms with Gasteiger partial charge < -0.3 is 10.2 Å². The van der Waals surface area contributed by atoms with Crippen molar-refractivity contribution in [3.63, 3.8) is 0 Å². The first-order valence-corrected chi connectivity index (χ1v) is 4.29. The lowest BCUT2D eigenvalue weighted by atomic mass is 9.94. The van der Waals surface area contributed by atoms with E-state index in [9.17, 15) is 23.1 Å². The van der Waals surface area contributed by atoms with Gasteiger partial charge in [0, 0.05) is 0 Å². The maximum Gasteiger partial charge on any atom is 0.421 e. The lowest BCUT2D eigenvalue weighted by Gasteiger charge is -2.26. The summed E-state index contributed by atoms with van der Waals surface area (Å²) >= 11 is 0. The minimum Gasteiger partial charge on any atom is -0.478 e. The van der Waals surface area contributed by atoms with Crippen molar-refractivity contribution >= 4 is 5.97 Å². The SMILES string of the molecule is C[C@@](O)(c1cccc(C(=O)O)c1)C(F)(F)F. The topological polar surface area (TPSA) is 57.5 Å². The molecule has 0 aliphatic carbocycles. The molecule has 0 fully saturated rings. The zero-order chi connectivity index (χ0) is 12.6. The molecule has 0 spiro atoms. The fourth-order valence-electron chi connectivity index (χ4n) is 1.12. The molecule has 0 saturated carbocycles. The number of carboxylic acid groups (broad SMARTS) is 1. The third-order valence-electron chi connectivity index (χ3n) is 2.22. The highest BCUT2D eigenvalue weighted by Crippen LogP contribution is 2.38. The van der Waals surface area contributed by atoms with Gasteiger partial charge in [-0.1, -0.05) is 12.1 Å². The Balaban J connectivity index is 3.24. The predicted molar refractivity (Wildman–Crippen MR) is 49.0 cm³/mol. The molecule has 1 atom stereocenters. The number of benzene rings is 1. The Morgan fingerprint density at radius 2 is 1.88 bits per heavy atom. The number of rotatable bonds is 2. The molecule has 0 radical (unpaired) electrons. The summed E-state index contributed by atoms with van der Waals surface area (Å²) in [5.41, 5.74) is -3.86. The van der Waals surface area contributed by atoms with Crippen LogP contribution < -0.4 is 0 Å². The predicted octanol–water partition coefficient (Wildman–Crippen LogP) is 2.15. The van der Waals surface area contributed by atoms with Crippen LogP contribution in [0.15, 0.2) is 24.3 Å². The highest BCUT2D eigenvalue weighted by Gasteiger charge is 2.51. The monoisotopic (exact) mass is 234 g/mol. The Kier molecular flexibility index (Phi) is 2.96. The molecule has 16 heavy (non-hydrogen) atoms. The van der Waals surface area contributed by atoms with Crippen LogP contribution in [0.5, 0.6) is 0 Å². The van der Waals surface area contributed by atoms with Gasteiger partial charge in [0.05, 0.1) is 5.56 Å². The molecule has 0 bridgehead atoms. The fourth-order valence-corrected chi connectivity index (χ4v) is 1.12. The van der Waals surface area contributed by atoms with Crippen molar-refractivity contribution in [1.29, 1.82) is 0 Å². The van der Waals surface area contributed by atoms with Crippen molar-refractivity contribution < 1.29 is 28.2 Å². The molecule has 0 aromatic heterocycles. The second-order valence-electron chi connectivity index (χ2n) is 3.46. The molecule has 0 aliphatic rings. The van der Waals surface area contributed by atoms with Gasteiger partial charge in [-0.2, -0.15) is 13.2 Å². The molecule has 88 valence electrons. The number of hydrogen-bond donors (Lipinski definition) is 2. The van der Waals surface area contributed by atoms with Gasteiger partial charge in [-0.3, -0.25) is 0 Å². The maximum atomic E-state index is 12.5. The van der Waals surface area contributed by atoms with Crippen LogP contribution in [0.1, 0.15) is 22.8 Å². The number of hydrogen-bond acceptors (Lipinski definition) is 2. The average Bonchev–Trinajstić information content (AvgIpc) is 2.16. The number of aliphatic hydroxyl groups is 1. The molecular weight excluding hydrogens is 225 g/mol. The van der Waals surface area contributed by atoms with Crippen molar-refractivity contribution in [3.8, 4) is 0 Å². The Hall–Kier alpha value is -1.56. The number of halogens is 3. The summed E-state index contributed by atoms with van der Waals surface area (Å²) in [6.45, 7) is 0.577. The quantitative estimate of drug-likeness (QED) is 0.824. The van der Waals surface area contributed by atoms with Crippen molar-refractivity contribution in [2.75, 3.05) is 0 Å². The van der Waals surface area contributed by atoms with E-state index in [1.54, 1.807) is 0 Å². The Bertz CT molecular complexity index is 410. The molecule has 0 aliphatic heterocycles. The summed E-state index contributed by atoms with van der Waals surface area (Å²) in [5.74, 6) is -1.35. The average molecular weight is 234 g/mol. The first kappa shape index (κ1) is 12.5. The van der Waals surface area contributed by atoms with Crippen LogP contribution in [0.2, 0.25) is 0 Å². The Morgan fingerprint density at radius 3 is 2.31 bits per heavy atom. The van der Waals surface area contributed by atoms with Gasteiger partial charge in [0.1, 0.15) is 0 Å². The largest absolute Gasteiger partial charge is 0.478 e. The Labute approximate surface area is 89.1 Å². The second-order valence-corrected chi connectivity index (χ2v) is 3.46. The van der Waals surface area contributed by atoms with Crippen LogP contribution in [0.4, 0.5) is 13.2 Å². The number of carboxylic acids is 1. The van der Waals surface area contributed by atoms with E-state index >= 15 is 0 Å². The van der Waals surface area contributed by atoms with E-state index in [1.165, 1.54) is 0 Å². The summed E-state index contributed by atoms with van der Waals surface area (Å²) in [6.07, 6.45) is -4.86. The van der Waals surface area contributed by atoms with E-state index < -0.39 is 23.3 Å². The molecule has 6 heteroatoms. The molecule has 3 nitrogen and oxygen atoms in total. The number of alkyl halides is 3. The summed E-state index contributed by atoms with van der Waals surface area (Å²) in [7, 11) is 0. The number of aromatic carboxylic acids is 1. The first-order valence-electron chi connectivity index (χ1n) is 4.29. The number of carbonyl (C=O) groups is 1. The van der Waals surface area contributed by atoms with Gasteiger partial charge in [0.25, 0.3) is 0 Å². The minimum absolute atomic E-state index is 0.304. The molecule has 2 N–H and O–H groups in total. The van der Waals surface area contributed by atoms with Crippen LogP contribution >= 0.6 is 0 Å². The highest BCUT2D eigenvalue weighted by molar-refractivity contribution is 5.87. The molecule has 1 rings (SSSR count). The molecule has 1 aromatic rings. The summed E-state index contributed by atoms with van der Waals surface area (Å²) in [4.78, 5) is 10.6. The van der Waals surface area contributed by atoms with Gasteiger partial charge >= 0.3 is 12.1 Å². The van der Waals surface area contributed by atoms with E-state index in [-0.39, 0.29) is 5.56 Å². The Morgan fingerprint density at radius 1 is 1.31 bits per heavy atom. The van der Waals surface area contributed by atoms with Gasteiger partial charge in [-0.15, -0.1) is 0 Å². The van der Waals surface area contributed by atoms with Crippen LogP contribution in [0.3, 0.4) is 0 Å². The van der Waals surface area contributed by atoms with E-state index in [1.807, 2.05) is 0 Å². The lowest BCUT2D eigenvalue weighted by Crippen LogP contribution is -2.39. The van der Waals surface area contributed by atoms with Crippen molar-refractivity contribution in [3.05, 3.63) is 35.4 Å². The normalized spacial score (nSPS) is 15.6. The summed E-state index contributed by atoms with van der Waals surface area (Å²) < 4.78 is 37.4. The standard InChI is InChI=1S/C10H9F3O3/c1-9(16,10(11,12)13)7-4-2-3-6(5-7)8(14)15/h2-5,16H,1H3,(H,14,15)/t9-/m1/s1. The highest BCUT2D eigenvalue weighted by atomic mass is 19.4.